The molecule has 0 radical (unpaired) electrons. The number of halogens is 2. The van der Waals surface area contributed by atoms with E-state index in [2.05, 4.69) is 69.0 Å². The Morgan fingerprint density at radius 2 is 1.86 bits per heavy atom. The first-order valence-electron chi connectivity index (χ1n) is 6.65. The molecule has 1 aromatic heterocycles. The molecule has 1 aromatic carbocycles. The quantitative estimate of drug-likeness (QED) is 0.739. The van der Waals surface area contributed by atoms with E-state index in [1.54, 1.807) is 12.4 Å². The highest BCUT2D eigenvalue weighted by Crippen LogP contribution is 2.29. The van der Waals surface area contributed by atoms with Crippen LogP contribution in [0.15, 0.2) is 45.6 Å². The second kappa shape index (κ2) is 6.90. The lowest BCUT2D eigenvalue weighted by Crippen LogP contribution is -2.35. The summed E-state index contributed by atoms with van der Waals surface area (Å²) in [6, 6.07) is 7.95. The van der Waals surface area contributed by atoms with Gasteiger partial charge in [0, 0.05) is 32.8 Å². The highest BCUT2D eigenvalue weighted by molar-refractivity contribution is 9.10. The molecule has 0 fully saturated rings. The fraction of sp³-hybridized carbons (Fsp3) is 0.312. The molecular weight excluding hydrogens is 396 g/mol. The summed E-state index contributed by atoms with van der Waals surface area (Å²) in [6.07, 6.45) is 3.43. The highest BCUT2D eigenvalue weighted by Gasteiger charge is 2.12. The van der Waals surface area contributed by atoms with Crippen LogP contribution >= 0.6 is 31.9 Å². The van der Waals surface area contributed by atoms with Crippen molar-refractivity contribution in [3.05, 3.63) is 51.2 Å². The number of rotatable bonds is 4. The number of pyridine rings is 1. The van der Waals surface area contributed by atoms with Gasteiger partial charge in [0.1, 0.15) is 11.5 Å². The van der Waals surface area contributed by atoms with Crippen LogP contribution in [0, 0.1) is 0 Å². The Morgan fingerprint density at radius 3 is 2.52 bits per heavy atom. The van der Waals surface area contributed by atoms with Crippen molar-refractivity contribution in [2.45, 2.75) is 32.9 Å². The summed E-state index contributed by atoms with van der Waals surface area (Å²) in [5, 5.41) is 3.47. The Kier molecular flexibility index (Phi) is 5.41. The Labute approximate surface area is 142 Å². The fourth-order valence-corrected chi connectivity index (χ4v) is 2.39. The van der Waals surface area contributed by atoms with E-state index in [-0.39, 0.29) is 5.54 Å². The number of nitrogens with one attached hydrogen (secondary N) is 1. The molecule has 0 spiro atoms. The van der Waals surface area contributed by atoms with E-state index in [4.69, 9.17) is 4.74 Å². The van der Waals surface area contributed by atoms with Crippen LogP contribution in [-0.4, -0.2) is 10.5 Å². The van der Waals surface area contributed by atoms with Crippen LogP contribution in [0.1, 0.15) is 26.3 Å². The molecule has 0 unspecified atom stereocenters. The SMILES string of the molecule is CC(C)(C)NCc1ccc(Br)cc1Oc1cncc(Br)c1. The first-order valence-corrected chi connectivity index (χ1v) is 8.24. The molecule has 21 heavy (non-hydrogen) atoms. The predicted octanol–water partition coefficient (Wildman–Crippen LogP) is 5.29. The topological polar surface area (TPSA) is 34.1 Å². The van der Waals surface area contributed by atoms with Gasteiger partial charge in [-0.15, -0.1) is 0 Å². The molecule has 0 saturated carbocycles. The highest BCUT2D eigenvalue weighted by atomic mass is 79.9. The molecule has 5 heteroatoms. The van der Waals surface area contributed by atoms with Gasteiger partial charge < -0.3 is 10.1 Å². The van der Waals surface area contributed by atoms with Gasteiger partial charge in [0.25, 0.3) is 0 Å². The van der Waals surface area contributed by atoms with Crippen LogP contribution in [0.2, 0.25) is 0 Å². The Bertz CT molecular complexity index is 624. The van der Waals surface area contributed by atoms with Crippen LogP contribution in [0.4, 0.5) is 0 Å². The van der Waals surface area contributed by atoms with Gasteiger partial charge in [-0.05, 0) is 54.9 Å². The lowest BCUT2D eigenvalue weighted by molar-refractivity contribution is 0.414. The van der Waals surface area contributed by atoms with Crippen LogP contribution < -0.4 is 10.1 Å². The van der Waals surface area contributed by atoms with Gasteiger partial charge in [0.15, 0.2) is 0 Å². The lowest BCUT2D eigenvalue weighted by atomic mass is 10.1. The maximum atomic E-state index is 5.97. The number of benzene rings is 1. The van der Waals surface area contributed by atoms with E-state index in [0.29, 0.717) is 5.75 Å². The second-order valence-corrected chi connectivity index (χ2v) is 7.63. The van der Waals surface area contributed by atoms with Gasteiger partial charge in [-0.3, -0.25) is 4.98 Å². The van der Waals surface area contributed by atoms with E-state index in [1.807, 2.05) is 18.2 Å². The summed E-state index contributed by atoms with van der Waals surface area (Å²) in [5.74, 6) is 1.53. The summed E-state index contributed by atoms with van der Waals surface area (Å²) in [7, 11) is 0. The van der Waals surface area contributed by atoms with Crippen molar-refractivity contribution in [1.82, 2.24) is 10.3 Å². The third-order valence-electron chi connectivity index (χ3n) is 2.75. The van der Waals surface area contributed by atoms with Gasteiger partial charge in [-0.2, -0.15) is 0 Å². The zero-order chi connectivity index (χ0) is 15.5. The fourth-order valence-electron chi connectivity index (χ4n) is 1.70. The molecule has 112 valence electrons. The summed E-state index contributed by atoms with van der Waals surface area (Å²) in [4.78, 5) is 4.12. The number of ether oxygens (including phenoxy) is 1. The average molecular weight is 414 g/mol. The molecule has 1 heterocycles. The predicted molar refractivity (Wildman–Crippen MR) is 92.7 cm³/mol. The number of aromatic nitrogens is 1. The Morgan fingerprint density at radius 1 is 1.10 bits per heavy atom. The average Bonchev–Trinajstić information content (AvgIpc) is 2.36. The van der Waals surface area contributed by atoms with E-state index in [9.17, 15) is 0 Å². The van der Waals surface area contributed by atoms with E-state index < -0.39 is 0 Å². The van der Waals surface area contributed by atoms with Crippen molar-refractivity contribution in [3.8, 4) is 11.5 Å². The molecule has 1 N–H and O–H groups in total. The lowest BCUT2D eigenvalue weighted by Gasteiger charge is -2.21. The molecule has 0 aliphatic rings. The van der Waals surface area contributed by atoms with Gasteiger partial charge in [-0.25, -0.2) is 0 Å². The number of hydrogen-bond acceptors (Lipinski definition) is 3. The summed E-state index contributed by atoms with van der Waals surface area (Å²) in [5.41, 5.74) is 1.16. The van der Waals surface area contributed by atoms with Crippen LogP contribution in [0.25, 0.3) is 0 Å². The Hall–Kier alpha value is -0.910. The van der Waals surface area contributed by atoms with Crippen molar-refractivity contribution >= 4 is 31.9 Å². The summed E-state index contributed by atoms with van der Waals surface area (Å²) in [6.45, 7) is 7.17. The molecule has 2 aromatic rings. The van der Waals surface area contributed by atoms with Crippen molar-refractivity contribution < 1.29 is 4.74 Å². The van der Waals surface area contributed by atoms with Crippen molar-refractivity contribution in [1.29, 1.82) is 0 Å². The molecule has 0 atom stereocenters. The van der Waals surface area contributed by atoms with Gasteiger partial charge in [0.2, 0.25) is 0 Å². The van der Waals surface area contributed by atoms with E-state index >= 15 is 0 Å². The van der Waals surface area contributed by atoms with Gasteiger partial charge in [-0.1, -0.05) is 22.0 Å². The minimum Gasteiger partial charge on any atom is -0.455 e. The Balaban J connectivity index is 2.23. The van der Waals surface area contributed by atoms with Gasteiger partial charge >= 0.3 is 0 Å². The smallest absolute Gasteiger partial charge is 0.146 e. The van der Waals surface area contributed by atoms with Crippen molar-refractivity contribution in [2.24, 2.45) is 0 Å². The monoisotopic (exact) mass is 412 g/mol. The molecular formula is C16H18Br2N2O. The molecule has 3 nitrogen and oxygen atoms in total. The largest absolute Gasteiger partial charge is 0.455 e. The zero-order valence-electron chi connectivity index (χ0n) is 12.3. The normalized spacial score (nSPS) is 11.5. The third kappa shape index (κ3) is 5.41. The van der Waals surface area contributed by atoms with Crippen LogP contribution in [0.5, 0.6) is 11.5 Å². The minimum atomic E-state index is 0.0572. The molecule has 0 saturated heterocycles. The van der Waals surface area contributed by atoms with Crippen molar-refractivity contribution in [3.63, 3.8) is 0 Å². The third-order valence-corrected chi connectivity index (χ3v) is 3.67. The molecule has 0 aliphatic heterocycles. The number of hydrogen-bond donors (Lipinski definition) is 1. The molecule has 0 aliphatic carbocycles. The molecule has 0 amide bonds. The van der Waals surface area contributed by atoms with Crippen LogP contribution in [0.3, 0.4) is 0 Å². The second-order valence-electron chi connectivity index (χ2n) is 5.80. The summed E-state index contributed by atoms with van der Waals surface area (Å²) >= 11 is 6.89. The van der Waals surface area contributed by atoms with E-state index in [1.165, 1.54) is 0 Å². The van der Waals surface area contributed by atoms with E-state index in [0.717, 1.165) is 26.8 Å². The number of nitrogens with zero attached hydrogens (tertiary/aromatic N) is 1. The van der Waals surface area contributed by atoms with Crippen LogP contribution in [-0.2, 0) is 6.54 Å². The maximum absolute atomic E-state index is 5.97. The first kappa shape index (κ1) is 16.5. The molecule has 2 rings (SSSR count). The molecule has 0 bridgehead atoms. The zero-order valence-corrected chi connectivity index (χ0v) is 15.5. The maximum Gasteiger partial charge on any atom is 0.146 e. The standard InChI is InChI=1S/C16H18Br2N2O/c1-16(2,3)20-8-11-4-5-12(17)7-15(11)21-14-6-13(18)9-19-10-14/h4-7,9-10,20H,8H2,1-3H3. The minimum absolute atomic E-state index is 0.0572. The summed E-state index contributed by atoms with van der Waals surface area (Å²) < 4.78 is 7.85. The van der Waals surface area contributed by atoms with Gasteiger partial charge in [0.05, 0.1) is 6.20 Å². The van der Waals surface area contributed by atoms with Crippen molar-refractivity contribution in [2.75, 3.05) is 0 Å². The first-order chi connectivity index (χ1) is 9.83.